The Morgan fingerprint density at radius 1 is 1.50 bits per heavy atom. The molecule has 0 aromatic heterocycles. The molecule has 0 amide bonds. The molecular formula is C12H15FO. The molecule has 1 aromatic carbocycles. The highest BCUT2D eigenvalue weighted by Crippen LogP contribution is 2.28. The molecule has 0 saturated carbocycles. The summed E-state index contributed by atoms with van der Waals surface area (Å²) in [6.07, 6.45) is 0.795. The molecule has 14 heavy (non-hydrogen) atoms. The van der Waals surface area contributed by atoms with Crippen LogP contribution >= 0.6 is 0 Å². The molecular weight excluding hydrogens is 179 g/mol. The molecule has 0 heterocycles. The fraction of sp³-hybridized carbons (Fsp3) is 0.333. The first-order chi connectivity index (χ1) is 6.61. The first kappa shape index (κ1) is 10.8. The van der Waals surface area contributed by atoms with E-state index in [-0.39, 0.29) is 11.6 Å². The van der Waals surface area contributed by atoms with Gasteiger partial charge in [-0.1, -0.05) is 19.6 Å². The summed E-state index contributed by atoms with van der Waals surface area (Å²) < 4.78 is 18.7. The number of hydrogen-bond acceptors (Lipinski definition) is 1. The van der Waals surface area contributed by atoms with Crippen molar-refractivity contribution in [3.8, 4) is 5.75 Å². The van der Waals surface area contributed by atoms with Crippen LogP contribution < -0.4 is 4.74 Å². The van der Waals surface area contributed by atoms with Gasteiger partial charge in [-0.05, 0) is 30.5 Å². The summed E-state index contributed by atoms with van der Waals surface area (Å²) in [5.41, 5.74) is 2.29. The Kier molecular flexibility index (Phi) is 3.28. The van der Waals surface area contributed by atoms with Crippen LogP contribution in [0.5, 0.6) is 5.75 Å². The zero-order valence-electron chi connectivity index (χ0n) is 8.86. The molecule has 0 unspecified atom stereocenters. The average Bonchev–Trinajstić information content (AvgIpc) is 2.16. The third-order valence-electron chi connectivity index (χ3n) is 2.22. The van der Waals surface area contributed by atoms with Gasteiger partial charge in [0.15, 0.2) is 11.6 Å². The molecule has 0 atom stereocenters. The van der Waals surface area contributed by atoms with Crippen molar-refractivity contribution in [3.05, 3.63) is 35.7 Å². The van der Waals surface area contributed by atoms with Crippen LogP contribution in [0.15, 0.2) is 18.7 Å². The number of aryl methyl sites for hydroxylation is 1. The van der Waals surface area contributed by atoms with Crippen LogP contribution in [0, 0.1) is 5.82 Å². The van der Waals surface area contributed by atoms with Gasteiger partial charge in [-0.2, -0.15) is 0 Å². The summed E-state index contributed by atoms with van der Waals surface area (Å²) in [6, 6.07) is 3.53. The fourth-order valence-corrected chi connectivity index (χ4v) is 1.51. The Hall–Kier alpha value is -1.31. The van der Waals surface area contributed by atoms with Crippen LogP contribution in [0.4, 0.5) is 4.39 Å². The minimum Gasteiger partial charge on any atom is -0.494 e. The van der Waals surface area contributed by atoms with E-state index >= 15 is 0 Å². The highest BCUT2D eigenvalue weighted by Gasteiger charge is 2.12. The minimum atomic E-state index is -0.306. The summed E-state index contributed by atoms with van der Waals surface area (Å²) in [7, 11) is 1.46. The van der Waals surface area contributed by atoms with Crippen LogP contribution in [0.3, 0.4) is 0 Å². The lowest BCUT2D eigenvalue weighted by atomic mass is 9.99. The maximum Gasteiger partial charge on any atom is 0.172 e. The summed E-state index contributed by atoms with van der Waals surface area (Å²) in [4.78, 5) is 0. The molecule has 1 aromatic rings. The normalized spacial score (nSPS) is 10.0. The van der Waals surface area contributed by atoms with Crippen LogP contribution in [0.2, 0.25) is 0 Å². The predicted molar refractivity (Wildman–Crippen MR) is 57.0 cm³/mol. The van der Waals surface area contributed by atoms with Crippen molar-refractivity contribution >= 4 is 5.57 Å². The molecule has 0 fully saturated rings. The smallest absolute Gasteiger partial charge is 0.172 e. The predicted octanol–water partition coefficient (Wildman–Crippen LogP) is 3.43. The third kappa shape index (κ3) is 1.79. The molecule has 0 bridgehead atoms. The molecule has 0 spiro atoms. The molecule has 0 aliphatic heterocycles. The fourth-order valence-electron chi connectivity index (χ4n) is 1.51. The lowest BCUT2D eigenvalue weighted by molar-refractivity contribution is 0.385. The Morgan fingerprint density at radius 2 is 2.14 bits per heavy atom. The largest absolute Gasteiger partial charge is 0.494 e. The lowest BCUT2D eigenvalue weighted by Gasteiger charge is -2.11. The third-order valence-corrected chi connectivity index (χ3v) is 2.22. The van der Waals surface area contributed by atoms with Gasteiger partial charge < -0.3 is 4.74 Å². The van der Waals surface area contributed by atoms with Crippen LogP contribution in [0.25, 0.3) is 5.57 Å². The van der Waals surface area contributed by atoms with Gasteiger partial charge in [-0.25, -0.2) is 4.39 Å². The first-order valence-corrected chi connectivity index (χ1v) is 4.63. The molecule has 0 aliphatic carbocycles. The Labute approximate surface area is 84.2 Å². The topological polar surface area (TPSA) is 9.23 Å². The van der Waals surface area contributed by atoms with Crippen molar-refractivity contribution in [2.24, 2.45) is 0 Å². The van der Waals surface area contributed by atoms with Gasteiger partial charge in [-0.15, -0.1) is 0 Å². The number of benzene rings is 1. The van der Waals surface area contributed by atoms with Gasteiger partial charge >= 0.3 is 0 Å². The second-order valence-electron chi connectivity index (χ2n) is 3.25. The maximum absolute atomic E-state index is 13.8. The van der Waals surface area contributed by atoms with Crippen molar-refractivity contribution in [2.45, 2.75) is 20.3 Å². The highest BCUT2D eigenvalue weighted by molar-refractivity contribution is 5.66. The quantitative estimate of drug-likeness (QED) is 0.716. The van der Waals surface area contributed by atoms with Gasteiger partial charge in [0, 0.05) is 5.56 Å². The van der Waals surface area contributed by atoms with E-state index in [0.717, 1.165) is 17.6 Å². The average molecular weight is 194 g/mol. The van der Waals surface area contributed by atoms with Crippen LogP contribution in [-0.4, -0.2) is 7.11 Å². The molecule has 2 heteroatoms. The maximum atomic E-state index is 13.8. The van der Waals surface area contributed by atoms with E-state index in [1.807, 2.05) is 13.0 Å². The summed E-state index contributed by atoms with van der Waals surface area (Å²) in [5.74, 6) is -0.0282. The Bertz CT molecular complexity index is 356. The summed E-state index contributed by atoms with van der Waals surface area (Å²) >= 11 is 0. The van der Waals surface area contributed by atoms with Crippen molar-refractivity contribution < 1.29 is 9.13 Å². The van der Waals surface area contributed by atoms with E-state index in [1.165, 1.54) is 7.11 Å². The van der Waals surface area contributed by atoms with Gasteiger partial charge in [-0.3, -0.25) is 0 Å². The molecule has 1 nitrogen and oxygen atoms in total. The molecule has 1 rings (SSSR count). The minimum absolute atomic E-state index is 0.278. The van der Waals surface area contributed by atoms with Crippen molar-refractivity contribution in [1.82, 2.24) is 0 Å². The number of halogens is 1. The van der Waals surface area contributed by atoms with E-state index in [4.69, 9.17) is 4.74 Å². The van der Waals surface area contributed by atoms with E-state index in [2.05, 4.69) is 6.58 Å². The van der Waals surface area contributed by atoms with Gasteiger partial charge in [0.2, 0.25) is 0 Å². The zero-order chi connectivity index (χ0) is 10.7. The number of methoxy groups -OCH3 is 1. The Morgan fingerprint density at radius 3 is 2.57 bits per heavy atom. The standard InChI is InChI=1S/C12H15FO/c1-5-9-6-7-10(14-4)12(13)11(9)8(2)3/h6-7H,2,5H2,1,3-4H3. The van der Waals surface area contributed by atoms with E-state index in [9.17, 15) is 4.39 Å². The molecule has 0 aliphatic rings. The number of hydrogen-bond donors (Lipinski definition) is 0. The monoisotopic (exact) mass is 194 g/mol. The molecule has 76 valence electrons. The SMILES string of the molecule is C=C(C)c1c(CC)ccc(OC)c1F. The summed E-state index contributed by atoms with van der Waals surface area (Å²) in [6.45, 7) is 7.57. The number of rotatable bonds is 3. The van der Waals surface area contributed by atoms with E-state index < -0.39 is 0 Å². The Balaban J connectivity index is 3.39. The van der Waals surface area contributed by atoms with Crippen molar-refractivity contribution in [1.29, 1.82) is 0 Å². The molecule has 0 saturated heterocycles. The molecule has 0 N–H and O–H groups in total. The first-order valence-electron chi connectivity index (χ1n) is 4.63. The van der Waals surface area contributed by atoms with E-state index in [1.54, 1.807) is 13.0 Å². The second-order valence-corrected chi connectivity index (χ2v) is 3.25. The second kappa shape index (κ2) is 4.27. The number of ether oxygens (including phenoxy) is 1. The van der Waals surface area contributed by atoms with Crippen LogP contribution in [0.1, 0.15) is 25.0 Å². The summed E-state index contributed by atoms with van der Waals surface area (Å²) in [5, 5.41) is 0. The highest BCUT2D eigenvalue weighted by atomic mass is 19.1. The van der Waals surface area contributed by atoms with Gasteiger partial charge in [0.25, 0.3) is 0 Å². The van der Waals surface area contributed by atoms with Crippen molar-refractivity contribution in [3.63, 3.8) is 0 Å². The van der Waals surface area contributed by atoms with Gasteiger partial charge in [0.1, 0.15) is 0 Å². The number of allylic oxidation sites excluding steroid dienone is 1. The van der Waals surface area contributed by atoms with Crippen LogP contribution in [-0.2, 0) is 6.42 Å². The lowest BCUT2D eigenvalue weighted by Crippen LogP contribution is -1.98. The van der Waals surface area contributed by atoms with Gasteiger partial charge in [0.05, 0.1) is 7.11 Å². The molecule has 0 radical (unpaired) electrons. The van der Waals surface area contributed by atoms with Crippen molar-refractivity contribution in [2.75, 3.05) is 7.11 Å². The zero-order valence-corrected chi connectivity index (χ0v) is 8.86. The van der Waals surface area contributed by atoms with E-state index in [0.29, 0.717) is 5.56 Å².